The predicted octanol–water partition coefficient (Wildman–Crippen LogP) is 2.25. The van der Waals surface area contributed by atoms with Gasteiger partial charge in [-0.05, 0) is 31.9 Å². The van der Waals surface area contributed by atoms with Crippen molar-refractivity contribution in [3.8, 4) is 0 Å². The lowest BCUT2D eigenvalue weighted by Gasteiger charge is -2.38. The molecule has 0 spiro atoms. The van der Waals surface area contributed by atoms with Gasteiger partial charge in [0, 0.05) is 29.1 Å². The third-order valence-corrected chi connectivity index (χ3v) is 5.57. The minimum atomic E-state index is -0.645. The molecule has 3 heterocycles. The van der Waals surface area contributed by atoms with Crippen molar-refractivity contribution in [2.24, 2.45) is 16.5 Å². The number of dihydropyridines is 1. The molecule has 29 heavy (non-hydrogen) atoms. The van der Waals surface area contributed by atoms with Gasteiger partial charge in [0.15, 0.2) is 0 Å². The molecule has 2 fully saturated rings. The van der Waals surface area contributed by atoms with Crippen LogP contribution in [0.3, 0.4) is 0 Å². The monoisotopic (exact) mass is 401 g/mol. The van der Waals surface area contributed by atoms with Crippen molar-refractivity contribution in [1.29, 1.82) is 0 Å². The Hall–Kier alpha value is -2.87. The van der Waals surface area contributed by atoms with E-state index in [1.165, 1.54) is 12.1 Å². The highest BCUT2D eigenvalue weighted by Gasteiger charge is 2.38. The van der Waals surface area contributed by atoms with E-state index in [4.69, 9.17) is 16.2 Å². The largest absolute Gasteiger partial charge is 0.401 e. The maximum Gasteiger partial charge on any atom is 0.131 e. The number of amidine groups is 1. The van der Waals surface area contributed by atoms with E-state index in [0.29, 0.717) is 42.3 Å². The van der Waals surface area contributed by atoms with Gasteiger partial charge in [0.1, 0.15) is 17.5 Å². The van der Waals surface area contributed by atoms with Crippen LogP contribution in [0, 0.1) is 11.6 Å². The SMILES string of the molecule is C/C(N)=C1\NC=C(N2C3CCC2COC3)C=C1C(N)=NCc1ccc(F)cc1F. The number of benzene rings is 1. The first-order chi connectivity index (χ1) is 13.9. The molecule has 0 aromatic heterocycles. The summed E-state index contributed by atoms with van der Waals surface area (Å²) in [7, 11) is 0. The van der Waals surface area contributed by atoms with Crippen LogP contribution in [0.2, 0.25) is 0 Å². The molecular weight excluding hydrogens is 376 g/mol. The number of fused-ring (bicyclic) bond motifs is 2. The van der Waals surface area contributed by atoms with Gasteiger partial charge in [-0.3, -0.25) is 4.99 Å². The van der Waals surface area contributed by atoms with Crippen LogP contribution in [-0.2, 0) is 11.3 Å². The lowest BCUT2D eigenvalue weighted by atomic mass is 10.0. The van der Waals surface area contributed by atoms with Crippen LogP contribution >= 0.6 is 0 Å². The summed E-state index contributed by atoms with van der Waals surface area (Å²) in [6.07, 6.45) is 6.09. The number of allylic oxidation sites excluding steroid dienone is 2. The number of aliphatic imine (C=N–C) groups is 1. The molecule has 0 saturated carbocycles. The average Bonchev–Trinajstić information content (AvgIpc) is 2.95. The van der Waals surface area contributed by atoms with Crippen LogP contribution in [-0.4, -0.2) is 36.0 Å². The van der Waals surface area contributed by atoms with E-state index in [9.17, 15) is 8.78 Å². The molecule has 3 aliphatic rings. The van der Waals surface area contributed by atoms with Crippen molar-refractivity contribution in [3.05, 3.63) is 70.3 Å². The lowest BCUT2D eigenvalue weighted by molar-refractivity contribution is 0.00501. The smallest absolute Gasteiger partial charge is 0.131 e. The molecule has 2 unspecified atom stereocenters. The topological polar surface area (TPSA) is 88.9 Å². The van der Waals surface area contributed by atoms with Gasteiger partial charge in [-0.1, -0.05) is 6.07 Å². The van der Waals surface area contributed by atoms with Gasteiger partial charge < -0.3 is 26.4 Å². The summed E-state index contributed by atoms with van der Waals surface area (Å²) >= 11 is 0. The average molecular weight is 401 g/mol. The first-order valence-corrected chi connectivity index (χ1v) is 9.69. The highest BCUT2D eigenvalue weighted by molar-refractivity contribution is 6.01. The molecule has 4 rings (SSSR count). The second-order valence-corrected chi connectivity index (χ2v) is 7.60. The summed E-state index contributed by atoms with van der Waals surface area (Å²) in [6, 6.07) is 4.10. The van der Waals surface area contributed by atoms with Gasteiger partial charge in [-0.15, -0.1) is 0 Å². The second-order valence-electron chi connectivity index (χ2n) is 7.60. The normalized spacial score (nSPS) is 26.0. The number of nitrogens with two attached hydrogens (primary N) is 2. The van der Waals surface area contributed by atoms with Crippen molar-refractivity contribution in [3.63, 3.8) is 0 Å². The Balaban J connectivity index is 1.62. The minimum Gasteiger partial charge on any atom is -0.401 e. The summed E-state index contributed by atoms with van der Waals surface area (Å²) < 4.78 is 32.7. The number of halogens is 2. The van der Waals surface area contributed by atoms with Gasteiger partial charge in [0.25, 0.3) is 0 Å². The van der Waals surface area contributed by atoms with E-state index in [1.54, 1.807) is 6.92 Å². The lowest BCUT2D eigenvalue weighted by Crippen LogP contribution is -2.45. The zero-order chi connectivity index (χ0) is 20.5. The van der Waals surface area contributed by atoms with Gasteiger partial charge in [0.2, 0.25) is 0 Å². The maximum absolute atomic E-state index is 13.9. The van der Waals surface area contributed by atoms with E-state index >= 15 is 0 Å². The van der Waals surface area contributed by atoms with Crippen LogP contribution in [0.15, 0.2) is 58.1 Å². The van der Waals surface area contributed by atoms with E-state index in [-0.39, 0.29) is 17.9 Å². The third-order valence-electron chi connectivity index (χ3n) is 5.57. The molecule has 1 aromatic carbocycles. The van der Waals surface area contributed by atoms with Crippen LogP contribution in [0.4, 0.5) is 8.78 Å². The fourth-order valence-corrected chi connectivity index (χ4v) is 4.12. The zero-order valence-corrected chi connectivity index (χ0v) is 16.3. The minimum absolute atomic E-state index is 0.00797. The summed E-state index contributed by atoms with van der Waals surface area (Å²) in [5.41, 5.74) is 15.5. The van der Waals surface area contributed by atoms with Crippen LogP contribution < -0.4 is 16.8 Å². The van der Waals surface area contributed by atoms with Crippen LogP contribution in [0.1, 0.15) is 25.3 Å². The van der Waals surface area contributed by atoms with Gasteiger partial charge in [-0.2, -0.15) is 0 Å². The summed E-state index contributed by atoms with van der Waals surface area (Å²) in [6.45, 7) is 3.21. The molecule has 2 atom stereocenters. The van der Waals surface area contributed by atoms with Crippen LogP contribution in [0.5, 0.6) is 0 Å². The maximum atomic E-state index is 13.9. The standard InChI is InChI=1S/C21H25F2N5O/c1-12(24)20-18(21(25)27-8-13-2-3-14(22)6-19(13)23)7-17(9-26-20)28-15-4-5-16(28)11-29-10-15/h2-3,6-7,9,15-16,26H,4-5,8,10-11,24H2,1H3,(H2,25,27)/b20-12+. The van der Waals surface area contributed by atoms with Gasteiger partial charge in [-0.25, -0.2) is 8.78 Å². The van der Waals surface area contributed by atoms with E-state index in [0.717, 1.165) is 24.6 Å². The van der Waals surface area contributed by atoms with Crippen molar-refractivity contribution in [2.45, 2.75) is 38.4 Å². The molecule has 1 aromatic rings. The van der Waals surface area contributed by atoms with E-state index in [1.807, 2.05) is 12.3 Å². The van der Waals surface area contributed by atoms with Gasteiger partial charge >= 0.3 is 0 Å². The summed E-state index contributed by atoms with van der Waals surface area (Å²) in [5.74, 6) is -1.03. The van der Waals surface area contributed by atoms with E-state index < -0.39 is 11.6 Å². The molecule has 154 valence electrons. The summed E-state index contributed by atoms with van der Waals surface area (Å²) in [5, 5.41) is 3.24. The highest BCUT2D eigenvalue weighted by atomic mass is 19.1. The molecule has 0 aliphatic carbocycles. The van der Waals surface area contributed by atoms with Crippen molar-refractivity contribution in [1.82, 2.24) is 10.2 Å². The molecule has 5 N–H and O–H groups in total. The molecule has 2 bridgehead atoms. The second kappa shape index (κ2) is 7.87. The first-order valence-electron chi connectivity index (χ1n) is 9.69. The fraction of sp³-hybridized carbons (Fsp3) is 0.381. The Bertz CT molecular complexity index is 917. The summed E-state index contributed by atoms with van der Waals surface area (Å²) in [4.78, 5) is 6.71. The third kappa shape index (κ3) is 3.85. The van der Waals surface area contributed by atoms with Crippen molar-refractivity contribution >= 4 is 5.84 Å². The number of nitrogens with zero attached hydrogens (tertiary/aromatic N) is 2. The molecule has 0 amide bonds. The first kappa shape index (κ1) is 19.4. The quantitative estimate of drug-likeness (QED) is 0.532. The number of ether oxygens (including phenoxy) is 1. The predicted molar refractivity (Wildman–Crippen MR) is 107 cm³/mol. The van der Waals surface area contributed by atoms with Crippen molar-refractivity contribution in [2.75, 3.05) is 13.2 Å². The Kier molecular flexibility index (Phi) is 5.27. The van der Waals surface area contributed by atoms with Crippen LogP contribution in [0.25, 0.3) is 0 Å². The molecule has 6 nitrogen and oxygen atoms in total. The van der Waals surface area contributed by atoms with E-state index in [2.05, 4.69) is 15.2 Å². The Morgan fingerprint density at radius 1 is 1.24 bits per heavy atom. The van der Waals surface area contributed by atoms with Crippen molar-refractivity contribution < 1.29 is 13.5 Å². The zero-order valence-electron chi connectivity index (χ0n) is 16.3. The van der Waals surface area contributed by atoms with Gasteiger partial charge in [0.05, 0.1) is 43.2 Å². The molecular formula is C21H25F2N5O. The highest BCUT2D eigenvalue weighted by Crippen LogP contribution is 2.34. The Labute approximate surface area is 168 Å². The Morgan fingerprint density at radius 2 is 1.97 bits per heavy atom. The fourth-order valence-electron chi connectivity index (χ4n) is 4.12. The number of hydrogen-bond donors (Lipinski definition) is 3. The Morgan fingerprint density at radius 3 is 2.62 bits per heavy atom. The molecule has 2 saturated heterocycles. The number of hydrogen-bond acceptors (Lipinski definition) is 5. The molecule has 0 radical (unpaired) electrons. The molecule has 8 heteroatoms. The number of rotatable bonds is 4. The number of nitrogens with one attached hydrogen (secondary N) is 1. The number of morpholine rings is 1. The molecule has 3 aliphatic heterocycles.